The first-order chi connectivity index (χ1) is 8.55. The van der Waals surface area contributed by atoms with Crippen molar-refractivity contribution in [3.05, 3.63) is 48.0 Å². The fourth-order valence-electron chi connectivity index (χ4n) is 2.25. The molecule has 3 aromatic rings. The first-order valence-electron chi connectivity index (χ1n) is 6.22. The smallest absolute Gasteiger partial charge is 0.0931 e. The Bertz CT molecular complexity index is 724. The lowest BCUT2D eigenvalue weighted by Gasteiger charge is -2.20. The van der Waals surface area contributed by atoms with Crippen molar-refractivity contribution in [3.8, 4) is 0 Å². The van der Waals surface area contributed by atoms with Gasteiger partial charge in [-0.15, -0.1) is 0 Å². The summed E-state index contributed by atoms with van der Waals surface area (Å²) in [4.78, 5) is 9.47. The second kappa shape index (κ2) is 3.77. The summed E-state index contributed by atoms with van der Waals surface area (Å²) in [7, 11) is 0. The van der Waals surface area contributed by atoms with E-state index in [-0.39, 0.29) is 5.41 Å². The van der Waals surface area contributed by atoms with Crippen LogP contribution in [0.25, 0.3) is 22.1 Å². The molecular weight excluding hydrogens is 220 g/mol. The van der Waals surface area contributed by atoms with E-state index in [1.807, 2.05) is 30.3 Å². The molecule has 0 spiro atoms. The molecule has 2 nitrogen and oxygen atoms in total. The lowest BCUT2D eigenvalue weighted by molar-refractivity contribution is 0.594. The van der Waals surface area contributed by atoms with Crippen LogP contribution in [-0.4, -0.2) is 9.97 Å². The summed E-state index contributed by atoms with van der Waals surface area (Å²) in [5.74, 6) is 0. The van der Waals surface area contributed by atoms with Crippen molar-refractivity contribution in [3.63, 3.8) is 0 Å². The minimum Gasteiger partial charge on any atom is -0.244 e. The molecule has 0 aliphatic carbocycles. The van der Waals surface area contributed by atoms with Gasteiger partial charge in [0, 0.05) is 0 Å². The van der Waals surface area contributed by atoms with Crippen LogP contribution in [0, 0.1) is 0 Å². The first-order valence-corrected chi connectivity index (χ1v) is 6.22. The first kappa shape index (κ1) is 11.1. The van der Waals surface area contributed by atoms with E-state index in [0.717, 1.165) is 22.1 Å². The van der Waals surface area contributed by atoms with Gasteiger partial charge in [-0.05, 0) is 29.2 Å². The molecule has 0 radical (unpaired) electrons. The van der Waals surface area contributed by atoms with Gasteiger partial charge in [0.15, 0.2) is 0 Å². The highest BCUT2D eigenvalue weighted by molar-refractivity contribution is 5.88. The van der Waals surface area contributed by atoms with E-state index in [0.29, 0.717) is 0 Å². The largest absolute Gasteiger partial charge is 0.244 e. The third-order valence-corrected chi connectivity index (χ3v) is 3.18. The summed E-state index contributed by atoms with van der Waals surface area (Å²) in [6, 6.07) is 14.3. The van der Waals surface area contributed by atoms with Crippen LogP contribution in [0.3, 0.4) is 0 Å². The van der Waals surface area contributed by atoms with Crippen LogP contribution in [0.15, 0.2) is 42.5 Å². The predicted octanol–water partition coefficient (Wildman–Crippen LogP) is 4.08. The topological polar surface area (TPSA) is 25.8 Å². The summed E-state index contributed by atoms with van der Waals surface area (Å²) < 4.78 is 0. The third-order valence-electron chi connectivity index (χ3n) is 3.18. The van der Waals surface area contributed by atoms with Crippen LogP contribution in [0.1, 0.15) is 26.3 Å². The molecule has 90 valence electrons. The lowest BCUT2D eigenvalue weighted by atomic mass is 9.86. The highest BCUT2D eigenvalue weighted by Crippen LogP contribution is 2.28. The maximum absolute atomic E-state index is 4.78. The van der Waals surface area contributed by atoms with E-state index in [1.165, 1.54) is 5.56 Å². The van der Waals surface area contributed by atoms with Gasteiger partial charge in [0.1, 0.15) is 0 Å². The molecule has 2 aromatic carbocycles. The maximum atomic E-state index is 4.78. The van der Waals surface area contributed by atoms with Crippen molar-refractivity contribution >= 4 is 22.1 Å². The van der Waals surface area contributed by atoms with Crippen LogP contribution in [0.2, 0.25) is 0 Å². The predicted molar refractivity (Wildman–Crippen MR) is 75.7 cm³/mol. The van der Waals surface area contributed by atoms with Crippen molar-refractivity contribution in [2.24, 2.45) is 0 Å². The Morgan fingerprint density at radius 2 is 1.33 bits per heavy atom. The Morgan fingerprint density at radius 3 is 2.00 bits per heavy atom. The zero-order valence-corrected chi connectivity index (χ0v) is 10.9. The van der Waals surface area contributed by atoms with Gasteiger partial charge in [0.05, 0.1) is 22.1 Å². The average Bonchev–Trinajstić information content (AvgIpc) is 2.34. The Morgan fingerprint density at radius 1 is 0.722 bits per heavy atom. The monoisotopic (exact) mass is 236 g/mol. The van der Waals surface area contributed by atoms with Crippen molar-refractivity contribution < 1.29 is 0 Å². The molecule has 0 saturated heterocycles. The Labute approximate surface area is 107 Å². The fourth-order valence-corrected chi connectivity index (χ4v) is 2.25. The molecule has 18 heavy (non-hydrogen) atoms. The minimum absolute atomic E-state index is 0.0800. The summed E-state index contributed by atoms with van der Waals surface area (Å²) in [6.07, 6.45) is 0. The van der Waals surface area contributed by atoms with Gasteiger partial charge in [-0.1, -0.05) is 45.0 Å². The van der Waals surface area contributed by atoms with Crippen LogP contribution in [-0.2, 0) is 5.41 Å². The number of fused-ring (bicyclic) bond motifs is 2. The number of nitrogens with zero attached hydrogens (tertiary/aromatic N) is 2. The lowest BCUT2D eigenvalue weighted by Crippen LogP contribution is -2.12. The van der Waals surface area contributed by atoms with Gasteiger partial charge in [-0.3, -0.25) is 0 Å². The Balaban J connectivity index is 2.44. The molecule has 0 aliphatic rings. The highest BCUT2D eigenvalue weighted by atomic mass is 14.8. The molecule has 1 aromatic heterocycles. The van der Waals surface area contributed by atoms with E-state index in [2.05, 4.69) is 37.9 Å². The maximum Gasteiger partial charge on any atom is 0.0931 e. The molecule has 0 atom stereocenters. The van der Waals surface area contributed by atoms with Crippen molar-refractivity contribution in [1.29, 1.82) is 0 Å². The summed E-state index contributed by atoms with van der Waals surface area (Å²) >= 11 is 0. The molecule has 0 N–H and O–H groups in total. The quantitative estimate of drug-likeness (QED) is 0.550. The van der Waals surface area contributed by atoms with E-state index in [9.17, 15) is 0 Å². The summed E-state index contributed by atoms with van der Waals surface area (Å²) in [6.45, 7) is 6.62. The fraction of sp³-hybridized carbons (Fsp3) is 0.250. The summed E-state index contributed by atoms with van der Waals surface area (Å²) in [5, 5.41) is 0. The Kier molecular flexibility index (Phi) is 2.34. The zero-order valence-electron chi connectivity index (χ0n) is 10.9. The van der Waals surface area contributed by atoms with Crippen molar-refractivity contribution in [2.75, 3.05) is 0 Å². The van der Waals surface area contributed by atoms with Gasteiger partial charge in [0.25, 0.3) is 0 Å². The highest BCUT2D eigenvalue weighted by Gasteiger charge is 2.18. The van der Waals surface area contributed by atoms with E-state index >= 15 is 0 Å². The number of hydrogen-bond donors (Lipinski definition) is 0. The minimum atomic E-state index is 0.0800. The average molecular weight is 236 g/mol. The van der Waals surface area contributed by atoms with Gasteiger partial charge in [-0.25, -0.2) is 9.97 Å². The van der Waals surface area contributed by atoms with E-state index < -0.39 is 0 Å². The molecular formula is C16H16N2. The normalized spacial score (nSPS) is 12.2. The molecule has 0 bridgehead atoms. The van der Waals surface area contributed by atoms with E-state index in [1.54, 1.807) is 0 Å². The van der Waals surface area contributed by atoms with Crippen LogP contribution < -0.4 is 0 Å². The molecule has 1 heterocycles. The molecule has 0 amide bonds. The van der Waals surface area contributed by atoms with Gasteiger partial charge >= 0.3 is 0 Å². The molecule has 0 aliphatic heterocycles. The second-order valence-corrected chi connectivity index (χ2v) is 5.64. The molecule has 3 rings (SSSR count). The molecule has 0 fully saturated rings. The zero-order chi connectivity index (χ0) is 12.8. The number of rotatable bonds is 0. The molecule has 0 saturated carbocycles. The standard InChI is InChI=1S/C16H16N2/c1-16(2,3)11-7-6-10-14-15(11)18-13-9-5-4-8-12(13)17-14/h4-10H,1-3H3. The number of benzene rings is 2. The second-order valence-electron chi connectivity index (χ2n) is 5.64. The van der Waals surface area contributed by atoms with E-state index in [4.69, 9.17) is 4.98 Å². The number of aromatic nitrogens is 2. The van der Waals surface area contributed by atoms with Crippen molar-refractivity contribution in [2.45, 2.75) is 26.2 Å². The number of hydrogen-bond acceptors (Lipinski definition) is 2. The molecule has 0 unspecified atom stereocenters. The van der Waals surface area contributed by atoms with Gasteiger partial charge in [0.2, 0.25) is 0 Å². The van der Waals surface area contributed by atoms with Crippen molar-refractivity contribution in [1.82, 2.24) is 9.97 Å². The van der Waals surface area contributed by atoms with Crippen LogP contribution in [0.4, 0.5) is 0 Å². The SMILES string of the molecule is CC(C)(C)c1cccc2nc3ccccc3nc12. The van der Waals surface area contributed by atoms with Crippen LogP contribution in [0.5, 0.6) is 0 Å². The number of para-hydroxylation sites is 3. The van der Waals surface area contributed by atoms with Crippen LogP contribution >= 0.6 is 0 Å². The summed E-state index contributed by atoms with van der Waals surface area (Å²) in [5.41, 5.74) is 5.23. The van der Waals surface area contributed by atoms with Gasteiger partial charge in [-0.2, -0.15) is 0 Å². The Hall–Kier alpha value is -1.96. The molecule has 2 heteroatoms. The third kappa shape index (κ3) is 1.74. The van der Waals surface area contributed by atoms with Gasteiger partial charge < -0.3 is 0 Å².